The quantitative estimate of drug-likeness (QED) is 0.849. The van der Waals surface area contributed by atoms with Crippen molar-refractivity contribution in [2.75, 3.05) is 7.11 Å². The van der Waals surface area contributed by atoms with Crippen molar-refractivity contribution in [3.05, 3.63) is 59.2 Å². The van der Waals surface area contributed by atoms with Gasteiger partial charge in [0.1, 0.15) is 6.61 Å². The van der Waals surface area contributed by atoms with Crippen LogP contribution in [0.5, 0.6) is 11.5 Å². The molecule has 0 fully saturated rings. The highest BCUT2D eigenvalue weighted by molar-refractivity contribution is 5.67. The number of rotatable bonds is 7. The van der Waals surface area contributed by atoms with E-state index in [2.05, 4.69) is 6.07 Å². The van der Waals surface area contributed by atoms with E-state index in [-0.39, 0.29) is 6.42 Å². The Bertz CT molecular complexity index is 649. The van der Waals surface area contributed by atoms with E-state index in [1.807, 2.05) is 43.3 Å². The average Bonchev–Trinajstić information content (AvgIpc) is 2.51. The van der Waals surface area contributed by atoms with Gasteiger partial charge in [-0.05, 0) is 30.5 Å². The molecule has 0 aromatic heterocycles. The topological polar surface area (TPSA) is 55.8 Å². The molecule has 116 valence electrons. The van der Waals surface area contributed by atoms with Crippen molar-refractivity contribution in [1.82, 2.24) is 0 Å². The Kier molecular flexibility index (Phi) is 5.42. The van der Waals surface area contributed by atoms with Gasteiger partial charge in [-0.2, -0.15) is 0 Å². The molecule has 0 amide bonds. The molecule has 2 aromatic rings. The lowest BCUT2D eigenvalue weighted by Crippen LogP contribution is -2.03. The number of aryl methyl sites for hydroxylation is 2. The summed E-state index contributed by atoms with van der Waals surface area (Å²) in [6.07, 6.45) is 0.476. The molecule has 1 N–H and O–H groups in total. The van der Waals surface area contributed by atoms with E-state index in [1.54, 1.807) is 7.11 Å². The van der Waals surface area contributed by atoms with Crippen molar-refractivity contribution >= 4 is 5.97 Å². The monoisotopic (exact) mass is 300 g/mol. The number of para-hydroxylation sites is 1. The standard InChI is InChI=1S/C18H20O4/c1-13-5-3-6-14(11-13)12-22-18-15(9-10-17(19)20)7-4-8-16(18)21-2/h3-8,11H,9-10,12H2,1-2H3,(H,19,20). The minimum Gasteiger partial charge on any atom is -0.493 e. The second-order valence-corrected chi connectivity index (χ2v) is 5.12. The third kappa shape index (κ3) is 4.25. The van der Waals surface area contributed by atoms with Gasteiger partial charge in [0, 0.05) is 6.42 Å². The first-order valence-corrected chi connectivity index (χ1v) is 7.16. The summed E-state index contributed by atoms with van der Waals surface area (Å²) in [4.78, 5) is 10.8. The van der Waals surface area contributed by atoms with Crippen LogP contribution in [0.4, 0.5) is 0 Å². The third-order valence-electron chi connectivity index (χ3n) is 3.35. The average molecular weight is 300 g/mol. The Morgan fingerprint density at radius 3 is 2.64 bits per heavy atom. The molecule has 0 aliphatic carbocycles. The van der Waals surface area contributed by atoms with Crippen molar-refractivity contribution in [2.45, 2.75) is 26.4 Å². The van der Waals surface area contributed by atoms with Gasteiger partial charge in [-0.15, -0.1) is 0 Å². The molecule has 0 spiro atoms. The maximum Gasteiger partial charge on any atom is 0.303 e. The normalized spacial score (nSPS) is 10.3. The maximum atomic E-state index is 10.8. The lowest BCUT2D eigenvalue weighted by molar-refractivity contribution is -0.136. The zero-order valence-corrected chi connectivity index (χ0v) is 12.8. The Balaban J connectivity index is 2.18. The van der Waals surface area contributed by atoms with Crippen LogP contribution in [0.3, 0.4) is 0 Å². The number of benzene rings is 2. The molecule has 22 heavy (non-hydrogen) atoms. The Morgan fingerprint density at radius 2 is 1.95 bits per heavy atom. The molecule has 0 bridgehead atoms. The fraction of sp³-hybridized carbons (Fsp3) is 0.278. The van der Waals surface area contributed by atoms with Crippen molar-refractivity contribution in [3.63, 3.8) is 0 Å². The number of carboxylic acids is 1. The Hall–Kier alpha value is -2.49. The summed E-state index contributed by atoms with van der Waals surface area (Å²) in [6.45, 7) is 2.45. The molecule has 0 heterocycles. The van der Waals surface area contributed by atoms with Gasteiger partial charge in [0.2, 0.25) is 0 Å². The SMILES string of the molecule is COc1cccc(CCC(=O)O)c1OCc1cccc(C)c1. The van der Waals surface area contributed by atoms with Crippen molar-refractivity contribution in [2.24, 2.45) is 0 Å². The zero-order chi connectivity index (χ0) is 15.9. The zero-order valence-electron chi connectivity index (χ0n) is 12.8. The summed E-state index contributed by atoms with van der Waals surface area (Å²) in [5.41, 5.74) is 3.08. The fourth-order valence-corrected chi connectivity index (χ4v) is 2.28. The van der Waals surface area contributed by atoms with Gasteiger partial charge in [0.25, 0.3) is 0 Å². The molecule has 0 unspecified atom stereocenters. The first-order chi connectivity index (χ1) is 10.6. The molecule has 0 radical (unpaired) electrons. The van der Waals surface area contributed by atoms with E-state index in [0.717, 1.165) is 11.1 Å². The molecular formula is C18H20O4. The molecule has 4 heteroatoms. The van der Waals surface area contributed by atoms with E-state index < -0.39 is 5.97 Å². The predicted octanol–water partition coefficient (Wildman–Crippen LogP) is 3.60. The van der Waals surface area contributed by atoms with Crippen LogP contribution in [-0.2, 0) is 17.8 Å². The summed E-state index contributed by atoms with van der Waals surface area (Å²) in [5.74, 6) is 0.413. The first kappa shape index (κ1) is 15.9. The van der Waals surface area contributed by atoms with Crippen LogP contribution < -0.4 is 9.47 Å². The highest BCUT2D eigenvalue weighted by Gasteiger charge is 2.12. The van der Waals surface area contributed by atoms with Crippen LogP contribution in [0.2, 0.25) is 0 Å². The van der Waals surface area contributed by atoms with Crippen molar-refractivity contribution < 1.29 is 19.4 Å². The molecule has 0 atom stereocenters. The summed E-state index contributed by atoms with van der Waals surface area (Å²) in [6, 6.07) is 13.6. The molecular weight excluding hydrogens is 280 g/mol. The number of hydrogen-bond acceptors (Lipinski definition) is 3. The van der Waals surface area contributed by atoms with E-state index in [1.165, 1.54) is 5.56 Å². The largest absolute Gasteiger partial charge is 0.493 e. The fourth-order valence-electron chi connectivity index (χ4n) is 2.28. The molecule has 4 nitrogen and oxygen atoms in total. The maximum absolute atomic E-state index is 10.8. The lowest BCUT2D eigenvalue weighted by Gasteiger charge is -2.15. The molecule has 2 rings (SSSR count). The van der Waals surface area contributed by atoms with Gasteiger partial charge in [0.05, 0.1) is 7.11 Å². The number of aliphatic carboxylic acids is 1. The summed E-state index contributed by atoms with van der Waals surface area (Å²) in [5, 5.41) is 8.86. The van der Waals surface area contributed by atoms with Crippen LogP contribution in [0, 0.1) is 6.92 Å². The van der Waals surface area contributed by atoms with Crippen molar-refractivity contribution in [3.8, 4) is 11.5 Å². The summed E-state index contributed by atoms with van der Waals surface area (Å²) in [7, 11) is 1.58. The smallest absolute Gasteiger partial charge is 0.303 e. The van der Waals surface area contributed by atoms with Crippen LogP contribution in [-0.4, -0.2) is 18.2 Å². The molecule has 2 aromatic carbocycles. The van der Waals surface area contributed by atoms with E-state index in [0.29, 0.717) is 24.5 Å². The van der Waals surface area contributed by atoms with E-state index in [9.17, 15) is 4.79 Å². The van der Waals surface area contributed by atoms with Gasteiger partial charge < -0.3 is 14.6 Å². The summed E-state index contributed by atoms with van der Waals surface area (Å²) < 4.78 is 11.2. The number of carboxylic acid groups (broad SMARTS) is 1. The number of ether oxygens (including phenoxy) is 2. The van der Waals surface area contributed by atoms with E-state index in [4.69, 9.17) is 14.6 Å². The molecule has 0 saturated heterocycles. The molecule has 0 saturated carbocycles. The second-order valence-electron chi connectivity index (χ2n) is 5.12. The van der Waals surface area contributed by atoms with Gasteiger partial charge in [-0.1, -0.05) is 42.0 Å². The third-order valence-corrected chi connectivity index (χ3v) is 3.35. The summed E-state index contributed by atoms with van der Waals surface area (Å²) >= 11 is 0. The molecule has 0 aliphatic rings. The van der Waals surface area contributed by atoms with Gasteiger partial charge in [0.15, 0.2) is 11.5 Å². The Labute approximate surface area is 130 Å². The van der Waals surface area contributed by atoms with E-state index >= 15 is 0 Å². The van der Waals surface area contributed by atoms with Crippen LogP contribution >= 0.6 is 0 Å². The van der Waals surface area contributed by atoms with Gasteiger partial charge >= 0.3 is 5.97 Å². The lowest BCUT2D eigenvalue weighted by atomic mass is 10.1. The number of hydrogen-bond donors (Lipinski definition) is 1. The highest BCUT2D eigenvalue weighted by Crippen LogP contribution is 2.32. The second kappa shape index (κ2) is 7.50. The highest BCUT2D eigenvalue weighted by atomic mass is 16.5. The minimum absolute atomic E-state index is 0.0635. The van der Waals surface area contributed by atoms with Crippen LogP contribution in [0.15, 0.2) is 42.5 Å². The van der Waals surface area contributed by atoms with Gasteiger partial charge in [-0.25, -0.2) is 0 Å². The minimum atomic E-state index is -0.826. The van der Waals surface area contributed by atoms with Crippen LogP contribution in [0.25, 0.3) is 0 Å². The Morgan fingerprint density at radius 1 is 1.18 bits per heavy atom. The van der Waals surface area contributed by atoms with Crippen molar-refractivity contribution in [1.29, 1.82) is 0 Å². The van der Waals surface area contributed by atoms with Crippen LogP contribution in [0.1, 0.15) is 23.1 Å². The predicted molar refractivity (Wildman–Crippen MR) is 84.5 cm³/mol. The van der Waals surface area contributed by atoms with Gasteiger partial charge in [-0.3, -0.25) is 4.79 Å². The first-order valence-electron chi connectivity index (χ1n) is 7.16. The molecule has 0 aliphatic heterocycles. The number of methoxy groups -OCH3 is 1. The number of carbonyl (C=O) groups is 1.